The summed E-state index contributed by atoms with van der Waals surface area (Å²) in [6.07, 6.45) is 7.15. The van der Waals surface area contributed by atoms with Crippen LogP contribution in [0, 0.1) is 0 Å². The number of ketones is 1. The lowest BCUT2D eigenvalue weighted by Crippen LogP contribution is -2.41. The van der Waals surface area contributed by atoms with Crippen LogP contribution in [-0.4, -0.2) is 39.7 Å². The van der Waals surface area contributed by atoms with Gasteiger partial charge in [-0.2, -0.15) is 9.89 Å². The van der Waals surface area contributed by atoms with Crippen LogP contribution in [0.1, 0.15) is 46.6 Å². The first-order valence-corrected chi connectivity index (χ1v) is 10.4. The third kappa shape index (κ3) is 2.89. The number of thiophene rings is 1. The molecule has 5 rings (SSSR count). The van der Waals surface area contributed by atoms with Crippen LogP contribution in [0.15, 0.2) is 41.8 Å². The zero-order valence-corrected chi connectivity index (χ0v) is 15.9. The Labute approximate surface area is 162 Å². The number of nitrogen functional groups attached to an aromatic ring is 1. The maximum Gasteiger partial charge on any atom is 0.202 e. The lowest BCUT2D eigenvalue weighted by molar-refractivity contribution is 0.104. The van der Waals surface area contributed by atoms with E-state index >= 15 is 0 Å². The van der Waals surface area contributed by atoms with Crippen LogP contribution in [0.3, 0.4) is 0 Å². The highest BCUT2D eigenvalue weighted by atomic mass is 32.1. The van der Waals surface area contributed by atoms with Gasteiger partial charge in [0.05, 0.1) is 16.1 Å². The maximum absolute atomic E-state index is 12.8. The topological polar surface area (TPSA) is 64.2 Å². The highest BCUT2D eigenvalue weighted by molar-refractivity contribution is 7.12. The number of hydrogen-bond donors (Lipinski definition) is 1. The predicted molar refractivity (Wildman–Crippen MR) is 109 cm³/mol. The second-order valence-corrected chi connectivity index (χ2v) is 8.36. The number of nitrogens with two attached hydrogens (primary N) is 1. The number of benzene rings is 1. The van der Waals surface area contributed by atoms with Gasteiger partial charge in [-0.25, -0.2) is 0 Å². The maximum atomic E-state index is 12.8. The van der Waals surface area contributed by atoms with Gasteiger partial charge >= 0.3 is 0 Å². The zero-order chi connectivity index (χ0) is 18.4. The molecule has 1 saturated heterocycles. The molecule has 138 valence electrons. The Morgan fingerprint density at radius 3 is 3.04 bits per heavy atom. The van der Waals surface area contributed by atoms with Crippen LogP contribution in [-0.2, 0) is 0 Å². The highest BCUT2D eigenvalue weighted by Crippen LogP contribution is 2.34. The van der Waals surface area contributed by atoms with Crippen molar-refractivity contribution in [3.05, 3.63) is 57.9 Å². The fourth-order valence-corrected chi connectivity index (χ4v) is 5.04. The number of hydrogen-bond acceptors (Lipinski definition) is 5. The fraction of sp³-hybridized carbons (Fsp3) is 0.333. The molecule has 2 aliphatic heterocycles. The highest BCUT2D eigenvalue weighted by Gasteiger charge is 2.28. The Morgan fingerprint density at radius 2 is 2.19 bits per heavy atom. The van der Waals surface area contributed by atoms with Gasteiger partial charge in [0.1, 0.15) is 0 Å². The first-order chi connectivity index (χ1) is 13.2. The fourth-order valence-electron chi connectivity index (χ4n) is 4.36. The largest absolute Gasteiger partial charge is 0.323 e. The molecule has 0 aliphatic carbocycles. The molecule has 1 fully saturated rings. The van der Waals surface area contributed by atoms with E-state index < -0.39 is 0 Å². The first kappa shape index (κ1) is 16.7. The van der Waals surface area contributed by atoms with Gasteiger partial charge in [0.2, 0.25) is 5.78 Å². The van der Waals surface area contributed by atoms with E-state index in [-0.39, 0.29) is 5.78 Å². The molecule has 0 radical (unpaired) electrons. The van der Waals surface area contributed by atoms with E-state index in [0.29, 0.717) is 11.6 Å². The summed E-state index contributed by atoms with van der Waals surface area (Å²) in [5, 5.41) is 7.51. The van der Waals surface area contributed by atoms with Gasteiger partial charge in [-0.1, -0.05) is 18.6 Å². The number of piperidine rings is 1. The molecule has 6 heteroatoms. The smallest absolute Gasteiger partial charge is 0.202 e. The lowest BCUT2D eigenvalue weighted by Gasteiger charge is -2.38. The summed E-state index contributed by atoms with van der Waals surface area (Å²) in [6.45, 7) is 2.17. The molecule has 5 nitrogen and oxygen atoms in total. The summed E-state index contributed by atoms with van der Waals surface area (Å²) in [5.74, 6) is 6.18. The van der Waals surface area contributed by atoms with Crippen molar-refractivity contribution in [1.82, 2.24) is 14.8 Å². The Kier molecular flexibility index (Phi) is 4.10. The molecule has 1 unspecified atom stereocenters. The minimum absolute atomic E-state index is 0.0544. The van der Waals surface area contributed by atoms with E-state index in [9.17, 15) is 4.79 Å². The van der Waals surface area contributed by atoms with Gasteiger partial charge in [-0.15, -0.1) is 11.3 Å². The number of nitrogens with zero attached hydrogens (tertiary/aromatic N) is 3. The summed E-state index contributed by atoms with van der Waals surface area (Å²) in [5.41, 5.74) is 3.74. The third-order valence-electron chi connectivity index (χ3n) is 5.79. The summed E-state index contributed by atoms with van der Waals surface area (Å²) in [4.78, 5) is 17.5. The molecule has 0 saturated carbocycles. The van der Waals surface area contributed by atoms with Crippen LogP contribution in [0.2, 0.25) is 0 Å². The normalized spacial score (nSPS) is 20.4. The van der Waals surface area contributed by atoms with Crippen molar-refractivity contribution in [2.45, 2.75) is 31.7 Å². The monoisotopic (exact) mass is 378 g/mol. The molecule has 1 aromatic carbocycles. The van der Waals surface area contributed by atoms with Gasteiger partial charge in [0.25, 0.3) is 0 Å². The van der Waals surface area contributed by atoms with E-state index in [1.807, 2.05) is 35.7 Å². The van der Waals surface area contributed by atoms with Crippen LogP contribution in [0.4, 0.5) is 0 Å². The number of fused-ring (bicyclic) bond motifs is 2. The molecule has 3 aromatic rings. The summed E-state index contributed by atoms with van der Waals surface area (Å²) in [7, 11) is 0. The Balaban J connectivity index is 1.55. The average Bonchev–Trinajstić information content (AvgIpc) is 3.35. The van der Waals surface area contributed by atoms with Crippen LogP contribution in [0.25, 0.3) is 16.5 Å². The molecule has 2 N–H and O–H groups in total. The molecular formula is C21H22N4OS. The van der Waals surface area contributed by atoms with Crippen molar-refractivity contribution < 1.29 is 4.79 Å². The van der Waals surface area contributed by atoms with Crippen molar-refractivity contribution >= 4 is 33.6 Å². The van der Waals surface area contributed by atoms with Gasteiger partial charge in [0, 0.05) is 23.5 Å². The minimum Gasteiger partial charge on any atom is -0.323 e. The quantitative estimate of drug-likeness (QED) is 0.558. The Bertz CT molecular complexity index is 1030. The molecule has 2 aromatic heterocycles. The summed E-state index contributed by atoms with van der Waals surface area (Å²) >= 11 is 1.47. The minimum atomic E-state index is 0.0544. The van der Waals surface area contributed by atoms with Crippen molar-refractivity contribution in [2.24, 2.45) is 0 Å². The summed E-state index contributed by atoms with van der Waals surface area (Å²) in [6, 6.07) is 10.1. The number of rotatable bonds is 3. The number of aromatic nitrogens is 2. The van der Waals surface area contributed by atoms with Crippen molar-refractivity contribution in [3.8, 4) is 0 Å². The molecule has 0 amide bonds. The predicted octanol–water partition coefficient (Wildman–Crippen LogP) is 3.68. The van der Waals surface area contributed by atoms with Gasteiger partial charge in [0.15, 0.2) is 0 Å². The zero-order valence-electron chi connectivity index (χ0n) is 15.1. The Hall–Kier alpha value is -2.44. The molecule has 0 bridgehead atoms. The van der Waals surface area contributed by atoms with E-state index in [0.717, 1.165) is 34.4 Å². The molecule has 4 heterocycles. The van der Waals surface area contributed by atoms with Gasteiger partial charge in [-0.3, -0.25) is 9.69 Å². The van der Waals surface area contributed by atoms with Gasteiger partial charge < -0.3 is 5.84 Å². The van der Waals surface area contributed by atoms with Crippen LogP contribution < -0.4 is 5.84 Å². The van der Waals surface area contributed by atoms with Crippen molar-refractivity contribution in [1.29, 1.82) is 0 Å². The molecule has 27 heavy (non-hydrogen) atoms. The van der Waals surface area contributed by atoms with E-state index in [2.05, 4.69) is 16.1 Å². The number of carbonyl (C=O) groups excluding carboxylic acids is 1. The molecular weight excluding hydrogens is 356 g/mol. The molecule has 2 aliphatic rings. The lowest BCUT2D eigenvalue weighted by atomic mass is 9.90. The summed E-state index contributed by atoms with van der Waals surface area (Å²) < 4.78 is 0. The molecule has 0 spiro atoms. The Morgan fingerprint density at radius 1 is 1.26 bits per heavy atom. The van der Waals surface area contributed by atoms with Crippen molar-refractivity contribution in [3.63, 3.8) is 0 Å². The van der Waals surface area contributed by atoms with Gasteiger partial charge in [-0.05, 0) is 61.0 Å². The van der Waals surface area contributed by atoms with E-state index in [4.69, 9.17) is 5.84 Å². The van der Waals surface area contributed by atoms with E-state index in [1.54, 1.807) is 0 Å². The van der Waals surface area contributed by atoms with Crippen molar-refractivity contribution in [2.75, 3.05) is 18.9 Å². The first-order valence-electron chi connectivity index (χ1n) is 9.50. The second kappa shape index (κ2) is 6.62. The van der Waals surface area contributed by atoms with E-state index in [1.165, 1.54) is 47.5 Å². The molecule has 1 atom stereocenters. The van der Waals surface area contributed by atoms with Crippen LogP contribution >= 0.6 is 11.3 Å². The average molecular weight is 379 g/mol. The SMILES string of the molecule is Nn1nc(C2=CCN3CCCCC3C2)c2cc(C(=O)c3cccs3)ccc21. The third-order valence-corrected chi connectivity index (χ3v) is 6.66. The number of carbonyl (C=O) groups is 1. The van der Waals surface area contributed by atoms with Crippen LogP contribution in [0.5, 0.6) is 0 Å². The second-order valence-electron chi connectivity index (χ2n) is 7.41. The standard InChI is InChI=1S/C21H22N4OS/c22-25-18-7-6-15(21(26)19-5-3-11-27-19)13-17(18)20(23-25)14-8-10-24-9-2-1-4-16(24)12-14/h3,5-8,11,13,16H,1-2,4,9-10,12,22H2.